The van der Waals surface area contributed by atoms with Gasteiger partial charge in [0.15, 0.2) is 0 Å². The van der Waals surface area contributed by atoms with Crippen LogP contribution >= 0.6 is 18.5 Å². The Hall–Kier alpha value is 0.860. The summed E-state index contributed by atoms with van der Waals surface area (Å²) in [6, 6.07) is 0. The third-order valence-electron chi connectivity index (χ3n) is 1.67. The molecule has 0 rings (SSSR count). The fourth-order valence-corrected chi connectivity index (χ4v) is 0.911. The molecule has 0 bridgehead atoms. The van der Waals surface area contributed by atoms with Crippen LogP contribution in [-0.2, 0) is 0 Å². The smallest absolute Gasteiger partial charge is 0.000980 e. The maximum atomic E-state index is 2.84. The summed E-state index contributed by atoms with van der Waals surface area (Å²) >= 11 is 0. The summed E-state index contributed by atoms with van der Waals surface area (Å²) in [5.74, 6) is 0.775. The van der Waals surface area contributed by atoms with E-state index in [9.17, 15) is 0 Å². The van der Waals surface area contributed by atoms with E-state index >= 15 is 0 Å². The summed E-state index contributed by atoms with van der Waals surface area (Å²) < 4.78 is 0. The topological polar surface area (TPSA) is 0 Å². The molecule has 0 amide bonds. The SMILES string of the molecule is CCC(C)C(C)(P)P. The fraction of sp³-hybridized carbons (Fsp3) is 1.00. The molecule has 50 valence electrons. The molecule has 0 saturated heterocycles. The Kier molecular flexibility index (Phi) is 3.47. The molecule has 3 unspecified atom stereocenters. The lowest BCUT2D eigenvalue weighted by Gasteiger charge is -2.25. The molecule has 0 N–H and O–H groups in total. The van der Waals surface area contributed by atoms with Gasteiger partial charge in [0.1, 0.15) is 0 Å². The second-order valence-corrected chi connectivity index (χ2v) is 5.83. The molecular formula is C6H16P2. The average Bonchev–Trinajstić information content (AvgIpc) is 1.62. The van der Waals surface area contributed by atoms with E-state index in [0.717, 1.165) is 5.92 Å². The zero-order valence-corrected chi connectivity index (χ0v) is 8.25. The lowest BCUT2D eigenvalue weighted by atomic mass is 10.1. The summed E-state index contributed by atoms with van der Waals surface area (Å²) in [4.78, 5) is 0.342. The van der Waals surface area contributed by atoms with Crippen molar-refractivity contribution < 1.29 is 0 Å². The predicted octanol–water partition coefficient (Wildman–Crippen LogP) is 2.50. The molecule has 0 aromatic heterocycles. The predicted molar refractivity (Wildman–Crippen MR) is 47.3 cm³/mol. The highest BCUT2D eigenvalue weighted by Gasteiger charge is 2.17. The molecule has 8 heavy (non-hydrogen) atoms. The van der Waals surface area contributed by atoms with Crippen molar-refractivity contribution in [3.05, 3.63) is 0 Å². The molecule has 0 aromatic rings. The highest BCUT2D eigenvalue weighted by atomic mass is 31.1. The second kappa shape index (κ2) is 3.14. The standard InChI is InChI=1S/C6H16P2/c1-4-5(2)6(3,7)8/h5H,4,7-8H2,1-3H3. The Bertz CT molecular complexity index is 63.4. The molecule has 3 atom stereocenters. The summed E-state index contributed by atoms with van der Waals surface area (Å²) in [5, 5.41) is 0. The quantitative estimate of drug-likeness (QED) is 0.530. The lowest BCUT2D eigenvalue weighted by Crippen LogP contribution is -2.15. The van der Waals surface area contributed by atoms with E-state index in [-0.39, 0.29) is 0 Å². The summed E-state index contributed by atoms with van der Waals surface area (Å²) in [7, 11) is 5.68. The Labute approximate surface area is 57.2 Å². The second-order valence-electron chi connectivity index (χ2n) is 2.68. The summed E-state index contributed by atoms with van der Waals surface area (Å²) in [5.41, 5.74) is 0. The zero-order valence-electron chi connectivity index (χ0n) is 5.94. The monoisotopic (exact) mass is 150 g/mol. The molecule has 0 aliphatic carbocycles. The van der Waals surface area contributed by atoms with Gasteiger partial charge in [-0.3, -0.25) is 0 Å². The fourth-order valence-electron chi connectivity index (χ4n) is 0.440. The molecule has 0 radical (unpaired) electrons. The van der Waals surface area contributed by atoms with E-state index < -0.39 is 0 Å². The molecule has 0 saturated carbocycles. The van der Waals surface area contributed by atoms with Gasteiger partial charge in [0, 0.05) is 0 Å². The third-order valence-corrected chi connectivity index (χ3v) is 2.81. The highest BCUT2D eigenvalue weighted by molar-refractivity contribution is 7.39. The van der Waals surface area contributed by atoms with Crippen LogP contribution in [0.1, 0.15) is 27.2 Å². The van der Waals surface area contributed by atoms with Crippen LogP contribution in [0.2, 0.25) is 0 Å². The van der Waals surface area contributed by atoms with Crippen LogP contribution in [0.25, 0.3) is 0 Å². The van der Waals surface area contributed by atoms with Gasteiger partial charge in [-0.1, -0.05) is 27.2 Å². The Morgan fingerprint density at radius 2 is 1.88 bits per heavy atom. The first-order chi connectivity index (χ1) is 3.48. The van der Waals surface area contributed by atoms with Crippen LogP contribution in [0.5, 0.6) is 0 Å². The first kappa shape index (κ1) is 8.86. The van der Waals surface area contributed by atoms with E-state index in [4.69, 9.17) is 0 Å². The van der Waals surface area contributed by atoms with Gasteiger partial charge in [-0.05, 0) is 10.8 Å². The van der Waals surface area contributed by atoms with Crippen molar-refractivity contribution in [1.29, 1.82) is 0 Å². The lowest BCUT2D eigenvalue weighted by molar-refractivity contribution is 0.527. The van der Waals surface area contributed by atoms with E-state index in [2.05, 4.69) is 39.3 Å². The number of hydrogen-bond acceptors (Lipinski definition) is 0. The van der Waals surface area contributed by atoms with Gasteiger partial charge in [-0.15, -0.1) is 18.5 Å². The molecule has 0 aromatic carbocycles. The minimum atomic E-state index is 0.342. The van der Waals surface area contributed by atoms with Crippen LogP contribution in [-0.4, -0.2) is 4.90 Å². The van der Waals surface area contributed by atoms with Gasteiger partial charge in [-0.25, -0.2) is 0 Å². The van der Waals surface area contributed by atoms with Gasteiger partial charge in [0.25, 0.3) is 0 Å². The average molecular weight is 150 g/mol. The first-order valence-electron chi connectivity index (χ1n) is 3.06. The third kappa shape index (κ3) is 3.00. The van der Waals surface area contributed by atoms with Gasteiger partial charge >= 0.3 is 0 Å². The van der Waals surface area contributed by atoms with Gasteiger partial charge in [0.2, 0.25) is 0 Å². The minimum absolute atomic E-state index is 0.342. The van der Waals surface area contributed by atoms with Crippen molar-refractivity contribution in [2.45, 2.75) is 32.1 Å². The van der Waals surface area contributed by atoms with E-state index in [1.165, 1.54) is 6.42 Å². The Balaban J connectivity index is 3.62. The molecule has 0 aliphatic heterocycles. The summed E-state index contributed by atoms with van der Waals surface area (Å²) in [6.07, 6.45) is 1.25. The minimum Gasteiger partial charge on any atom is -0.127 e. The zero-order chi connectivity index (χ0) is 6.78. The van der Waals surface area contributed by atoms with Crippen LogP contribution in [0, 0.1) is 5.92 Å². The maximum Gasteiger partial charge on any atom is -0.000980 e. The van der Waals surface area contributed by atoms with Crippen molar-refractivity contribution in [3.63, 3.8) is 0 Å². The largest absolute Gasteiger partial charge is 0.127 e. The van der Waals surface area contributed by atoms with E-state index in [1.54, 1.807) is 0 Å². The molecule has 2 heteroatoms. The molecule has 0 heterocycles. The van der Waals surface area contributed by atoms with Gasteiger partial charge < -0.3 is 0 Å². The maximum absolute atomic E-state index is 2.84. The molecule has 0 aliphatic rings. The molecular weight excluding hydrogens is 134 g/mol. The number of rotatable bonds is 2. The van der Waals surface area contributed by atoms with Crippen molar-refractivity contribution in [2.75, 3.05) is 0 Å². The van der Waals surface area contributed by atoms with Crippen molar-refractivity contribution in [3.8, 4) is 0 Å². The van der Waals surface area contributed by atoms with Gasteiger partial charge in [0.05, 0.1) is 0 Å². The van der Waals surface area contributed by atoms with Gasteiger partial charge in [-0.2, -0.15) is 0 Å². The van der Waals surface area contributed by atoms with Crippen molar-refractivity contribution in [2.24, 2.45) is 5.92 Å². The van der Waals surface area contributed by atoms with Crippen LogP contribution in [0.4, 0.5) is 0 Å². The first-order valence-corrected chi connectivity index (χ1v) is 4.21. The van der Waals surface area contributed by atoms with E-state index in [0.29, 0.717) is 4.90 Å². The highest BCUT2D eigenvalue weighted by Crippen LogP contribution is 2.35. The van der Waals surface area contributed by atoms with E-state index in [1.807, 2.05) is 0 Å². The summed E-state index contributed by atoms with van der Waals surface area (Å²) in [6.45, 7) is 6.70. The van der Waals surface area contributed by atoms with Crippen LogP contribution in [0.15, 0.2) is 0 Å². The molecule has 0 spiro atoms. The molecule has 0 fully saturated rings. The van der Waals surface area contributed by atoms with Crippen molar-refractivity contribution in [1.82, 2.24) is 0 Å². The Morgan fingerprint density at radius 1 is 1.50 bits per heavy atom. The van der Waals surface area contributed by atoms with Crippen LogP contribution in [0.3, 0.4) is 0 Å². The normalized spacial score (nSPS) is 16.1. The number of hydrogen-bond donors (Lipinski definition) is 0. The van der Waals surface area contributed by atoms with Crippen LogP contribution < -0.4 is 0 Å². The molecule has 0 nitrogen and oxygen atoms in total. The van der Waals surface area contributed by atoms with Crippen molar-refractivity contribution >= 4 is 18.5 Å². The Morgan fingerprint density at radius 3 is 1.88 bits per heavy atom.